The summed E-state index contributed by atoms with van der Waals surface area (Å²) in [5.41, 5.74) is 4.90. The van der Waals surface area contributed by atoms with Crippen molar-refractivity contribution in [1.82, 2.24) is 4.98 Å². The summed E-state index contributed by atoms with van der Waals surface area (Å²) in [5.74, 6) is -1.56. The number of aromatic nitrogens is 1. The molecule has 3 N–H and O–H groups in total. The van der Waals surface area contributed by atoms with E-state index in [1.54, 1.807) is 0 Å². The van der Waals surface area contributed by atoms with Gasteiger partial charge in [0.1, 0.15) is 0 Å². The summed E-state index contributed by atoms with van der Waals surface area (Å²) < 4.78 is 4.67. The number of aliphatic carboxylic acids is 1. The number of hydrogen-bond donors (Lipinski definition) is 2. The SMILES string of the molecule is Nc1nc(OCC(=O)O)ccc1[N+](=O)[O-]. The molecule has 0 atom stereocenters. The van der Waals surface area contributed by atoms with Crippen LogP contribution in [0.5, 0.6) is 5.88 Å². The molecule has 8 heteroatoms. The van der Waals surface area contributed by atoms with Gasteiger partial charge in [0, 0.05) is 12.1 Å². The lowest BCUT2D eigenvalue weighted by molar-refractivity contribution is -0.384. The minimum absolute atomic E-state index is 0.0690. The summed E-state index contributed by atoms with van der Waals surface area (Å²) in [4.78, 5) is 23.3. The van der Waals surface area contributed by atoms with E-state index in [-0.39, 0.29) is 17.4 Å². The Kier molecular flexibility index (Phi) is 3.01. The number of anilines is 1. The van der Waals surface area contributed by atoms with Crippen molar-refractivity contribution in [2.24, 2.45) is 0 Å². The summed E-state index contributed by atoms with van der Waals surface area (Å²) in [6.07, 6.45) is 0. The highest BCUT2D eigenvalue weighted by Gasteiger charge is 2.13. The van der Waals surface area contributed by atoms with E-state index in [4.69, 9.17) is 10.8 Å². The lowest BCUT2D eigenvalue weighted by atomic mass is 10.4. The minimum Gasteiger partial charge on any atom is -0.479 e. The molecular formula is C7H7N3O5. The first kappa shape index (κ1) is 10.7. The quantitative estimate of drug-likeness (QED) is 0.533. The fraction of sp³-hybridized carbons (Fsp3) is 0.143. The summed E-state index contributed by atoms with van der Waals surface area (Å²) in [5, 5.41) is 18.6. The highest BCUT2D eigenvalue weighted by molar-refractivity contribution is 5.68. The average molecular weight is 213 g/mol. The van der Waals surface area contributed by atoms with Crippen LogP contribution in [-0.2, 0) is 4.79 Å². The molecule has 0 aliphatic rings. The topological polar surface area (TPSA) is 129 Å². The van der Waals surface area contributed by atoms with Gasteiger partial charge in [0.25, 0.3) is 0 Å². The Morgan fingerprint density at radius 1 is 1.67 bits per heavy atom. The van der Waals surface area contributed by atoms with E-state index < -0.39 is 17.5 Å². The number of rotatable bonds is 4. The first-order valence-corrected chi connectivity index (χ1v) is 3.76. The third kappa shape index (κ3) is 2.79. The molecule has 1 heterocycles. The Morgan fingerprint density at radius 2 is 2.33 bits per heavy atom. The Bertz CT molecular complexity index is 406. The highest BCUT2D eigenvalue weighted by atomic mass is 16.6. The molecule has 0 aliphatic carbocycles. The van der Waals surface area contributed by atoms with Gasteiger partial charge in [-0.3, -0.25) is 10.1 Å². The molecule has 0 aromatic carbocycles. The summed E-state index contributed by atoms with van der Waals surface area (Å²) >= 11 is 0. The van der Waals surface area contributed by atoms with Gasteiger partial charge in [0.15, 0.2) is 6.61 Å². The molecule has 0 unspecified atom stereocenters. The van der Waals surface area contributed by atoms with Crippen LogP contribution in [-0.4, -0.2) is 27.6 Å². The maximum absolute atomic E-state index is 10.3. The molecule has 0 fully saturated rings. The van der Waals surface area contributed by atoms with Crippen LogP contribution < -0.4 is 10.5 Å². The first-order valence-electron chi connectivity index (χ1n) is 3.76. The molecule has 15 heavy (non-hydrogen) atoms. The lowest BCUT2D eigenvalue weighted by Crippen LogP contribution is -2.11. The van der Waals surface area contributed by atoms with Crippen molar-refractivity contribution in [3.63, 3.8) is 0 Å². The number of nitrogen functional groups attached to an aromatic ring is 1. The molecule has 0 saturated heterocycles. The molecule has 80 valence electrons. The standard InChI is InChI=1S/C7H7N3O5/c8-7-4(10(13)14)1-2-5(9-7)15-3-6(11)12/h1-2H,3H2,(H2,8,9)(H,11,12). The number of nitrogens with two attached hydrogens (primary N) is 1. The molecule has 0 bridgehead atoms. The van der Waals surface area contributed by atoms with Crippen LogP contribution in [0.2, 0.25) is 0 Å². The Balaban J connectivity index is 2.82. The average Bonchev–Trinajstić information content (AvgIpc) is 2.14. The number of pyridine rings is 1. The lowest BCUT2D eigenvalue weighted by Gasteiger charge is -2.02. The van der Waals surface area contributed by atoms with Gasteiger partial charge in [-0.1, -0.05) is 0 Å². The van der Waals surface area contributed by atoms with E-state index in [1.807, 2.05) is 0 Å². The number of nitro groups is 1. The van der Waals surface area contributed by atoms with Crippen LogP contribution in [0, 0.1) is 10.1 Å². The van der Waals surface area contributed by atoms with E-state index in [0.29, 0.717) is 0 Å². The number of hydrogen-bond acceptors (Lipinski definition) is 6. The highest BCUT2D eigenvalue weighted by Crippen LogP contribution is 2.21. The second kappa shape index (κ2) is 4.22. The minimum atomic E-state index is -1.17. The normalized spacial score (nSPS) is 9.60. The maximum Gasteiger partial charge on any atom is 0.341 e. The van der Waals surface area contributed by atoms with Crippen molar-refractivity contribution in [3.05, 3.63) is 22.2 Å². The molecule has 0 radical (unpaired) electrons. The zero-order valence-electron chi connectivity index (χ0n) is 7.41. The number of carboxylic acids is 1. The maximum atomic E-state index is 10.3. The van der Waals surface area contributed by atoms with E-state index in [0.717, 1.165) is 6.07 Å². The third-order valence-corrected chi connectivity index (χ3v) is 1.42. The van der Waals surface area contributed by atoms with Crippen molar-refractivity contribution in [3.8, 4) is 5.88 Å². The van der Waals surface area contributed by atoms with Gasteiger partial charge in [0.05, 0.1) is 4.92 Å². The zero-order chi connectivity index (χ0) is 11.4. The smallest absolute Gasteiger partial charge is 0.341 e. The van der Waals surface area contributed by atoms with E-state index in [1.165, 1.54) is 6.07 Å². The summed E-state index contributed by atoms with van der Waals surface area (Å²) in [7, 11) is 0. The van der Waals surface area contributed by atoms with Crippen LogP contribution in [0.1, 0.15) is 0 Å². The van der Waals surface area contributed by atoms with Crippen LogP contribution in [0.15, 0.2) is 12.1 Å². The van der Waals surface area contributed by atoms with Gasteiger partial charge >= 0.3 is 11.7 Å². The fourth-order valence-corrected chi connectivity index (χ4v) is 0.819. The molecule has 0 amide bonds. The van der Waals surface area contributed by atoms with E-state index >= 15 is 0 Å². The molecule has 1 aromatic rings. The van der Waals surface area contributed by atoms with Crippen LogP contribution >= 0.6 is 0 Å². The number of carbonyl (C=O) groups is 1. The van der Waals surface area contributed by atoms with Gasteiger partial charge in [-0.2, -0.15) is 4.98 Å². The molecule has 1 aromatic heterocycles. The van der Waals surface area contributed by atoms with Gasteiger partial charge in [-0.05, 0) is 0 Å². The van der Waals surface area contributed by atoms with Gasteiger partial charge in [0.2, 0.25) is 11.7 Å². The van der Waals surface area contributed by atoms with Gasteiger partial charge < -0.3 is 15.6 Å². The predicted octanol–water partition coefficient (Wildman–Crippen LogP) is 0.0354. The molecule has 0 saturated carbocycles. The van der Waals surface area contributed by atoms with Crippen LogP contribution in [0.4, 0.5) is 11.5 Å². The van der Waals surface area contributed by atoms with Gasteiger partial charge in [-0.25, -0.2) is 4.79 Å². The third-order valence-electron chi connectivity index (χ3n) is 1.42. The summed E-state index contributed by atoms with van der Waals surface area (Å²) in [6.45, 7) is -0.579. The summed E-state index contributed by atoms with van der Waals surface area (Å²) in [6, 6.07) is 2.27. The number of nitrogens with zero attached hydrogens (tertiary/aromatic N) is 2. The van der Waals surface area contributed by atoms with Crippen molar-refractivity contribution >= 4 is 17.5 Å². The van der Waals surface area contributed by atoms with Crippen molar-refractivity contribution in [2.75, 3.05) is 12.3 Å². The number of carboxylic acid groups (broad SMARTS) is 1. The fourth-order valence-electron chi connectivity index (χ4n) is 0.819. The molecule has 0 spiro atoms. The zero-order valence-corrected chi connectivity index (χ0v) is 7.41. The van der Waals surface area contributed by atoms with Crippen molar-refractivity contribution in [2.45, 2.75) is 0 Å². The molecule has 8 nitrogen and oxygen atoms in total. The van der Waals surface area contributed by atoms with Crippen LogP contribution in [0.3, 0.4) is 0 Å². The Labute approximate surface area is 83.4 Å². The Hall–Kier alpha value is -2.38. The largest absolute Gasteiger partial charge is 0.479 e. The molecule has 1 rings (SSSR count). The van der Waals surface area contributed by atoms with Gasteiger partial charge in [-0.15, -0.1) is 0 Å². The molecule has 0 aliphatic heterocycles. The predicted molar refractivity (Wildman–Crippen MR) is 48.4 cm³/mol. The van der Waals surface area contributed by atoms with Crippen molar-refractivity contribution < 1.29 is 19.6 Å². The second-order valence-electron chi connectivity index (χ2n) is 2.49. The molecular weight excluding hydrogens is 206 g/mol. The second-order valence-corrected chi connectivity index (χ2v) is 2.49. The Morgan fingerprint density at radius 3 is 2.80 bits per heavy atom. The first-order chi connectivity index (χ1) is 7.00. The van der Waals surface area contributed by atoms with Crippen LogP contribution in [0.25, 0.3) is 0 Å². The number of ether oxygens (including phenoxy) is 1. The van der Waals surface area contributed by atoms with E-state index in [9.17, 15) is 14.9 Å². The van der Waals surface area contributed by atoms with Crippen molar-refractivity contribution in [1.29, 1.82) is 0 Å². The monoisotopic (exact) mass is 213 g/mol. The van der Waals surface area contributed by atoms with E-state index in [2.05, 4.69) is 9.72 Å².